The van der Waals surface area contributed by atoms with Gasteiger partial charge in [0.05, 0.1) is 0 Å². The summed E-state index contributed by atoms with van der Waals surface area (Å²) < 4.78 is 1.11. The van der Waals surface area contributed by atoms with Crippen molar-refractivity contribution in [3.05, 3.63) is 63.6 Å². The Labute approximate surface area is 134 Å². The third kappa shape index (κ3) is 4.65. The molecule has 0 saturated heterocycles. The van der Waals surface area contributed by atoms with Crippen LogP contribution >= 0.6 is 27.7 Å². The molecule has 0 spiro atoms. The summed E-state index contributed by atoms with van der Waals surface area (Å²) in [4.78, 5) is 1.27. The number of rotatable bonds is 5. The Bertz CT molecular complexity index is 566. The molecule has 0 aliphatic rings. The van der Waals surface area contributed by atoms with Crippen molar-refractivity contribution in [3.63, 3.8) is 0 Å². The van der Waals surface area contributed by atoms with Gasteiger partial charge in [0, 0.05) is 21.2 Å². The van der Waals surface area contributed by atoms with Crippen molar-refractivity contribution in [3.8, 4) is 0 Å². The van der Waals surface area contributed by atoms with Crippen LogP contribution in [0.2, 0.25) is 0 Å². The van der Waals surface area contributed by atoms with Gasteiger partial charge < -0.3 is 5.73 Å². The predicted octanol–water partition coefficient (Wildman–Crippen LogP) is 4.73. The van der Waals surface area contributed by atoms with Crippen molar-refractivity contribution < 1.29 is 0 Å². The highest BCUT2D eigenvalue weighted by molar-refractivity contribution is 9.10. The second kappa shape index (κ2) is 7.30. The molecule has 2 aromatic rings. The van der Waals surface area contributed by atoms with Gasteiger partial charge >= 0.3 is 0 Å². The molecular weight excluding hydrogens is 330 g/mol. The van der Waals surface area contributed by atoms with Crippen molar-refractivity contribution in [2.75, 3.05) is 5.75 Å². The summed E-state index contributed by atoms with van der Waals surface area (Å²) >= 11 is 5.27. The van der Waals surface area contributed by atoms with Crippen molar-refractivity contribution in [1.29, 1.82) is 0 Å². The zero-order valence-corrected chi connectivity index (χ0v) is 14.3. The molecule has 0 saturated carbocycles. The summed E-state index contributed by atoms with van der Waals surface area (Å²) in [5.41, 5.74) is 10.3. The molecule has 1 unspecified atom stereocenters. The summed E-state index contributed by atoms with van der Waals surface area (Å²) in [5, 5.41) is 0. The highest BCUT2D eigenvalue weighted by atomic mass is 79.9. The molecule has 1 nitrogen and oxygen atoms in total. The first kappa shape index (κ1) is 15.6. The van der Waals surface area contributed by atoms with E-state index in [4.69, 9.17) is 5.73 Å². The Morgan fingerprint density at radius 2 is 1.80 bits per heavy atom. The minimum atomic E-state index is 0.184. The van der Waals surface area contributed by atoms with Crippen molar-refractivity contribution in [1.82, 2.24) is 0 Å². The topological polar surface area (TPSA) is 26.0 Å². The van der Waals surface area contributed by atoms with Gasteiger partial charge in [0.1, 0.15) is 0 Å². The van der Waals surface area contributed by atoms with E-state index in [-0.39, 0.29) is 6.04 Å². The minimum absolute atomic E-state index is 0.184. The number of aryl methyl sites for hydroxylation is 2. The fraction of sp³-hybridized carbons (Fsp3) is 0.294. The Kier molecular flexibility index (Phi) is 5.70. The van der Waals surface area contributed by atoms with Crippen LogP contribution in [-0.4, -0.2) is 11.8 Å². The molecule has 0 heterocycles. The van der Waals surface area contributed by atoms with Gasteiger partial charge in [-0.25, -0.2) is 0 Å². The Morgan fingerprint density at radius 3 is 2.50 bits per heavy atom. The average molecular weight is 350 g/mol. The molecule has 0 aromatic heterocycles. The van der Waals surface area contributed by atoms with Gasteiger partial charge in [0.25, 0.3) is 0 Å². The van der Waals surface area contributed by atoms with Crippen LogP contribution in [0, 0.1) is 13.8 Å². The van der Waals surface area contributed by atoms with Gasteiger partial charge in [-0.1, -0.05) is 39.7 Å². The maximum Gasteiger partial charge on any atom is 0.0176 e. The summed E-state index contributed by atoms with van der Waals surface area (Å²) in [6, 6.07) is 15.2. The fourth-order valence-corrected chi connectivity index (χ4v) is 3.21. The molecule has 2 N–H and O–H groups in total. The van der Waals surface area contributed by atoms with E-state index in [0.717, 1.165) is 16.6 Å². The maximum absolute atomic E-state index is 6.27. The second-order valence-corrected chi connectivity index (χ2v) is 7.17. The first-order valence-corrected chi connectivity index (χ1v) is 8.52. The molecule has 0 amide bonds. The molecule has 106 valence electrons. The second-order valence-electron chi connectivity index (χ2n) is 5.16. The number of hydrogen-bond donors (Lipinski definition) is 1. The number of hydrogen-bond acceptors (Lipinski definition) is 2. The average Bonchev–Trinajstić information content (AvgIpc) is 2.42. The van der Waals surface area contributed by atoms with Gasteiger partial charge in [-0.2, -0.15) is 0 Å². The summed E-state index contributed by atoms with van der Waals surface area (Å²) in [6.45, 7) is 4.29. The number of thioether (sulfide) groups is 1. The van der Waals surface area contributed by atoms with Crippen LogP contribution in [0.3, 0.4) is 0 Å². The smallest absolute Gasteiger partial charge is 0.0176 e. The molecule has 2 aromatic carbocycles. The molecule has 0 radical (unpaired) electrons. The van der Waals surface area contributed by atoms with E-state index in [1.165, 1.54) is 21.6 Å². The monoisotopic (exact) mass is 349 g/mol. The van der Waals surface area contributed by atoms with E-state index in [0.29, 0.717) is 0 Å². The van der Waals surface area contributed by atoms with Crippen LogP contribution in [0.4, 0.5) is 0 Å². The number of halogens is 1. The summed E-state index contributed by atoms with van der Waals surface area (Å²) in [6.07, 6.45) is 0.942. The zero-order valence-electron chi connectivity index (χ0n) is 11.9. The number of nitrogens with two attached hydrogens (primary N) is 1. The standard InChI is InChI=1S/C17H20BrNS/c1-12-3-4-13(2)14(9-12)10-16(19)11-20-17-7-5-15(18)6-8-17/h3-9,16H,10-11,19H2,1-2H3. The SMILES string of the molecule is Cc1ccc(C)c(CC(N)CSc2ccc(Br)cc2)c1. The Balaban J connectivity index is 1.90. The van der Waals surface area contributed by atoms with Crippen LogP contribution in [0.5, 0.6) is 0 Å². The van der Waals surface area contributed by atoms with Gasteiger partial charge in [-0.15, -0.1) is 11.8 Å². The molecule has 2 rings (SSSR count). The third-order valence-electron chi connectivity index (χ3n) is 3.26. The first-order valence-electron chi connectivity index (χ1n) is 6.74. The largest absolute Gasteiger partial charge is 0.327 e. The van der Waals surface area contributed by atoms with Crippen LogP contribution < -0.4 is 5.73 Å². The van der Waals surface area contributed by atoms with Crippen molar-refractivity contribution >= 4 is 27.7 Å². The van der Waals surface area contributed by atoms with E-state index >= 15 is 0 Å². The molecule has 0 bridgehead atoms. The summed E-state index contributed by atoms with van der Waals surface area (Å²) in [7, 11) is 0. The highest BCUT2D eigenvalue weighted by Crippen LogP contribution is 2.22. The lowest BCUT2D eigenvalue weighted by Crippen LogP contribution is -2.26. The molecule has 0 aliphatic carbocycles. The lowest BCUT2D eigenvalue weighted by Gasteiger charge is -2.14. The normalized spacial score (nSPS) is 12.4. The van der Waals surface area contributed by atoms with Crippen molar-refractivity contribution in [2.24, 2.45) is 5.73 Å². The van der Waals surface area contributed by atoms with E-state index in [2.05, 4.69) is 72.2 Å². The molecule has 20 heavy (non-hydrogen) atoms. The van der Waals surface area contributed by atoms with Gasteiger partial charge in [-0.05, 0) is 55.7 Å². The van der Waals surface area contributed by atoms with E-state index in [1.807, 2.05) is 11.8 Å². The fourth-order valence-electron chi connectivity index (χ4n) is 2.10. The van der Waals surface area contributed by atoms with Crippen LogP contribution in [0.15, 0.2) is 51.8 Å². The van der Waals surface area contributed by atoms with E-state index in [1.54, 1.807) is 0 Å². The highest BCUT2D eigenvalue weighted by Gasteiger charge is 2.07. The third-order valence-corrected chi connectivity index (χ3v) is 4.99. The van der Waals surface area contributed by atoms with Crippen LogP contribution in [0.25, 0.3) is 0 Å². The molecule has 0 aliphatic heterocycles. The first-order chi connectivity index (χ1) is 9.54. The lowest BCUT2D eigenvalue weighted by molar-refractivity contribution is 0.744. The van der Waals surface area contributed by atoms with Crippen LogP contribution in [-0.2, 0) is 6.42 Å². The Morgan fingerprint density at radius 1 is 1.10 bits per heavy atom. The number of benzene rings is 2. The van der Waals surface area contributed by atoms with E-state index in [9.17, 15) is 0 Å². The predicted molar refractivity (Wildman–Crippen MR) is 92.5 cm³/mol. The maximum atomic E-state index is 6.27. The van der Waals surface area contributed by atoms with Gasteiger partial charge in [-0.3, -0.25) is 0 Å². The Hall–Kier alpha value is -0.770. The lowest BCUT2D eigenvalue weighted by atomic mass is 10.00. The van der Waals surface area contributed by atoms with Crippen LogP contribution in [0.1, 0.15) is 16.7 Å². The minimum Gasteiger partial charge on any atom is -0.327 e. The van der Waals surface area contributed by atoms with Gasteiger partial charge in [0.2, 0.25) is 0 Å². The zero-order chi connectivity index (χ0) is 14.5. The molecule has 0 fully saturated rings. The quantitative estimate of drug-likeness (QED) is 0.789. The molecule has 3 heteroatoms. The summed E-state index contributed by atoms with van der Waals surface area (Å²) in [5.74, 6) is 0.939. The molecular formula is C17H20BrNS. The molecule has 1 atom stereocenters. The van der Waals surface area contributed by atoms with E-state index < -0.39 is 0 Å². The van der Waals surface area contributed by atoms with Gasteiger partial charge in [0.15, 0.2) is 0 Å². The van der Waals surface area contributed by atoms with Crippen molar-refractivity contribution in [2.45, 2.75) is 31.2 Å².